The molecule has 0 spiro atoms. The maximum atomic E-state index is 9.52. The topological polar surface area (TPSA) is 58.6 Å². The van der Waals surface area contributed by atoms with Gasteiger partial charge in [0.15, 0.2) is 6.23 Å². The summed E-state index contributed by atoms with van der Waals surface area (Å²) in [5.74, 6) is 0. The van der Waals surface area contributed by atoms with Gasteiger partial charge < -0.3 is 10.8 Å². The van der Waals surface area contributed by atoms with E-state index in [0.717, 1.165) is 24.1 Å². The van der Waals surface area contributed by atoms with E-state index in [0.29, 0.717) is 6.54 Å². The third-order valence-electron chi connectivity index (χ3n) is 2.22. The van der Waals surface area contributed by atoms with E-state index in [2.05, 4.69) is 11.9 Å². The van der Waals surface area contributed by atoms with Gasteiger partial charge in [0, 0.05) is 18.7 Å². The number of aliphatic hydroxyl groups is 1. The molecule has 0 aromatic carbocycles. The number of dihydropyridines is 1. The lowest BCUT2D eigenvalue weighted by atomic mass is 9.96. The van der Waals surface area contributed by atoms with Crippen molar-refractivity contribution in [3.05, 3.63) is 11.1 Å². The first-order chi connectivity index (χ1) is 5.69. The Morgan fingerprint density at radius 3 is 2.83 bits per heavy atom. The summed E-state index contributed by atoms with van der Waals surface area (Å²) in [6.07, 6.45) is 1.15. The Morgan fingerprint density at radius 2 is 2.33 bits per heavy atom. The molecule has 1 heterocycles. The van der Waals surface area contributed by atoms with E-state index in [9.17, 15) is 5.11 Å². The third kappa shape index (κ3) is 1.73. The molecule has 1 aliphatic heterocycles. The fourth-order valence-electron chi connectivity index (χ4n) is 1.54. The van der Waals surface area contributed by atoms with Crippen LogP contribution in [0.4, 0.5) is 0 Å². The quantitative estimate of drug-likeness (QED) is 0.600. The molecule has 3 N–H and O–H groups in total. The Balaban J connectivity index is 2.88. The fraction of sp³-hybridized carbons (Fsp3) is 0.667. The third-order valence-corrected chi connectivity index (χ3v) is 2.22. The van der Waals surface area contributed by atoms with E-state index in [1.807, 2.05) is 6.92 Å². The second-order valence-electron chi connectivity index (χ2n) is 3.10. The molecule has 0 bridgehead atoms. The Bertz CT molecular complexity index is 231. The van der Waals surface area contributed by atoms with Gasteiger partial charge in [-0.3, -0.25) is 4.99 Å². The van der Waals surface area contributed by atoms with Gasteiger partial charge in [-0.15, -0.1) is 0 Å². The summed E-state index contributed by atoms with van der Waals surface area (Å²) in [6.45, 7) is 4.43. The number of hydrogen-bond acceptors (Lipinski definition) is 3. The number of aliphatic imine (C=N–C) groups is 1. The van der Waals surface area contributed by atoms with E-state index in [1.54, 1.807) is 0 Å². The van der Waals surface area contributed by atoms with Crippen LogP contribution >= 0.6 is 0 Å². The van der Waals surface area contributed by atoms with Crippen LogP contribution in [0.3, 0.4) is 0 Å². The molecule has 1 rings (SSSR count). The molecule has 3 heteroatoms. The molecule has 1 aliphatic rings. The highest BCUT2D eigenvalue weighted by molar-refractivity contribution is 5.85. The fourth-order valence-corrected chi connectivity index (χ4v) is 1.54. The van der Waals surface area contributed by atoms with E-state index >= 15 is 0 Å². The van der Waals surface area contributed by atoms with Crippen LogP contribution in [0.25, 0.3) is 0 Å². The zero-order valence-electron chi connectivity index (χ0n) is 7.67. The molecule has 0 amide bonds. The summed E-state index contributed by atoms with van der Waals surface area (Å²) in [4.78, 5) is 4.07. The Kier molecular flexibility index (Phi) is 3.00. The molecule has 0 aromatic rings. The largest absolute Gasteiger partial charge is 0.368 e. The number of allylic oxidation sites excluding steroid dienone is 1. The standard InChI is InChI=1S/C9H16N2O/c1-3-7-4-6(2)11-9(12)8(7)5-10/h9,12H,3-5,10H2,1-2H3. The second kappa shape index (κ2) is 3.83. The summed E-state index contributed by atoms with van der Waals surface area (Å²) in [5, 5.41) is 9.52. The van der Waals surface area contributed by atoms with E-state index in [4.69, 9.17) is 5.73 Å². The molecule has 0 radical (unpaired) electrons. The van der Waals surface area contributed by atoms with E-state index < -0.39 is 6.23 Å². The predicted molar refractivity (Wildman–Crippen MR) is 50.1 cm³/mol. The van der Waals surface area contributed by atoms with Crippen LogP contribution in [-0.4, -0.2) is 23.6 Å². The number of aliphatic hydroxyl groups excluding tert-OH is 1. The van der Waals surface area contributed by atoms with E-state index in [-0.39, 0.29) is 0 Å². The highest BCUT2D eigenvalue weighted by atomic mass is 16.3. The van der Waals surface area contributed by atoms with Crippen LogP contribution in [0.2, 0.25) is 0 Å². The van der Waals surface area contributed by atoms with Gasteiger partial charge in [0.25, 0.3) is 0 Å². The van der Waals surface area contributed by atoms with Crippen molar-refractivity contribution in [3.8, 4) is 0 Å². The van der Waals surface area contributed by atoms with Gasteiger partial charge in [0.1, 0.15) is 0 Å². The molecule has 1 unspecified atom stereocenters. The van der Waals surface area contributed by atoms with Gasteiger partial charge in [-0.05, 0) is 18.9 Å². The Morgan fingerprint density at radius 1 is 1.67 bits per heavy atom. The molecular formula is C9H16N2O. The summed E-state index contributed by atoms with van der Waals surface area (Å²) in [7, 11) is 0. The van der Waals surface area contributed by atoms with Crippen molar-refractivity contribution in [2.24, 2.45) is 10.7 Å². The van der Waals surface area contributed by atoms with Crippen LogP contribution in [-0.2, 0) is 0 Å². The van der Waals surface area contributed by atoms with Crippen LogP contribution < -0.4 is 5.73 Å². The number of hydrogen-bond donors (Lipinski definition) is 2. The summed E-state index contributed by atoms with van der Waals surface area (Å²) < 4.78 is 0. The lowest BCUT2D eigenvalue weighted by Gasteiger charge is -2.21. The molecular weight excluding hydrogens is 152 g/mol. The lowest BCUT2D eigenvalue weighted by Crippen LogP contribution is -2.23. The number of nitrogens with zero attached hydrogens (tertiary/aromatic N) is 1. The lowest BCUT2D eigenvalue weighted by molar-refractivity contribution is 0.215. The molecule has 3 nitrogen and oxygen atoms in total. The average Bonchev–Trinajstić information content (AvgIpc) is 2.03. The molecule has 68 valence electrons. The normalized spacial score (nSPS) is 24.3. The maximum absolute atomic E-state index is 9.52. The number of rotatable bonds is 2. The highest BCUT2D eigenvalue weighted by Gasteiger charge is 2.17. The minimum absolute atomic E-state index is 0.418. The van der Waals surface area contributed by atoms with Gasteiger partial charge in [-0.1, -0.05) is 12.5 Å². The minimum atomic E-state index is -0.682. The summed E-state index contributed by atoms with van der Waals surface area (Å²) in [5.41, 5.74) is 8.67. The Labute approximate surface area is 73.0 Å². The van der Waals surface area contributed by atoms with Crippen molar-refractivity contribution in [1.82, 2.24) is 0 Å². The molecule has 0 saturated heterocycles. The molecule has 0 saturated carbocycles. The van der Waals surface area contributed by atoms with Crippen molar-refractivity contribution in [3.63, 3.8) is 0 Å². The first kappa shape index (κ1) is 9.42. The van der Waals surface area contributed by atoms with Crippen LogP contribution in [0.15, 0.2) is 16.1 Å². The zero-order chi connectivity index (χ0) is 9.14. The first-order valence-corrected chi connectivity index (χ1v) is 4.31. The zero-order valence-corrected chi connectivity index (χ0v) is 7.67. The summed E-state index contributed by atoms with van der Waals surface area (Å²) >= 11 is 0. The Hall–Kier alpha value is -0.670. The average molecular weight is 168 g/mol. The van der Waals surface area contributed by atoms with E-state index in [1.165, 1.54) is 5.57 Å². The molecule has 1 atom stereocenters. The monoisotopic (exact) mass is 168 g/mol. The van der Waals surface area contributed by atoms with Gasteiger partial charge in [-0.2, -0.15) is 0 Å². The molecule has 0 fully saturated rings. The van der Waals surface area contributed by atoms with Gasteiger partial charge >= 0.3 is 0 Å². The number of nitrogens with two attached hydrogens (primary N) is 1. The predicted octanol–water partition coefficient (Wildman–Crippen LogP) is 0.835. The van der Waals surface area contributed by atoms with Crippen molar-refractivity contribution in [1.29, 1.82) is 0 Å². The summed E-state index contributed by atoms with van der Waals surface area (Å²) in [6, 6.07) is 0. The molecule has 12 heavy (non-hydrogen) atoms. The SMILES string of the molecule is CCC1=C(CN)C(O)N=C(C)C1. The maximum Gasteiger partial charge on any atom is 0.168 e. The van der Waals surface area contributed by atoms with Crippen molar-refractivity contribution >= 4 is 5.71 Å². The van der Waals surface area contributed by atoms with Gasteiger partial charge in [-0.25, -0.2) is 0 Å². The van der Waals surface area contributed by atoms with Crippen molar-refractivity contribution in [2.45, 2.75) is 32.9 Å². The molecule has 0 aliphatic carbocycles. The highest BCUT2D eigenvalue weighted by Crippen LogP contribution is 2.21. The molecule has 0 aromatic heterocycles. The first-order valence-electron chi connectivity index (χ1n) is 4.31. The second-order valence-corrected chi connectivity index (χ2v) is 3.10. The van der Waals surface area contributed by atoms with Crippen LogP contribution in [0.1, 0.15) is 26.7 Å². The minimum Gasteiger partial charge on any atom is -0.368 e. The van der Waals surface area contributed by atoms with Crippen molar-refractivity contribution < 1.29 is 5.11 Å². The smallest absolute Gasteiger partial charge is 0.168 e. The van der Waals surface area contributed by atoms with Crippen molar-refractivity contribution in [2.75, 3.05) is 6.54 Å². The van der Waals surface area contributed by atoms with Crippen LogP contribution in [0.5, 0.6) is 0 Å². The van der Waals surface area contributed by atoms with Crippen LogP contribution in [0, 0.1) is 0 Å². The van der Waals surface area contributed by atoms with Gasteiger partial charge in [0.2, 0.25) is 0 Å². The van der Waals surface area contributed by atoms with Gasteiger partial charge in [0.05, 0.1) is 0 Å².